The second-order valence-corrected chi connectivity index (χ2v) is 4.33. The van der Waals surface area contributed by atoms with Crippen LogP contribution in [-0.2, 0) is 0 Å². The highest BCUT2D eigenvalue weighted by Crippen LogP contribution is 2.30. The quantitative estimate of drug-likeness (QED) is 0.476. The number of rotatable bonds is 3. The number of hydrazine groups is 1. The van der Waals surface area contributed by atoms with Crippen LogP contribution in [0.4, 0.5) is 4.39 Å². The molecular formula is C11H11FN2S. The molecule has 78 valence electrons. The lowest BCUT2D eigenvalue weighted by atomic mass is 10.2. The predicted octanol–water partition coefficient (Wildman–Crippen LogP) is 2.73. The first-order valence-corrected chi connectivity index (χ1v) is 5.34. The third-order valence-corrected chi connectivity index (χ3v) is 3.40. The molecule has 0 aliphatic heterocycles. The summed E-state index contributed by atoms with van der Waals surface area (Å²) in [6.45, 7) is 3.69. The average Bonchev–Trinajstić information content (AvgIpc) is 2.62. The van der Waals surface area contributed by atoms with Crippen LogP contribution in [0.1, 0.15) is 10.9 Å². The molecule has 1 aromatic heterocycles. The number of nitrogens with two attached hydrogens (primary N) is 1. The van der Waals surface area contributed by atoms with Gasteiger partial charge < -0.3 is 0 Å². The lowest BCUT2D eigenvalue weighted by molar-refractivity contribution is 0.630. The summed E-state index contributed by atoms with van der Waals surface area (Å²) >= 11 is 1.51. The summed E-state index contributed by atoms with van der Waals surface area (Å²) in [5.41, 5.74) is 2.64. The molecule has 0 amide bonds. The molecule has 1 atom stereocenters. The molecule has 15 heavy (non-hydrogen) atoms. The molecule has 2 rings (SSSR count). The Bertz CT molecular complexity index is 492. The highest BCUT2D eigenvalue weighted by atomic mass is 32.1. The van der Waals surface area contributed by atoms with Crippen molar-refractivity contribution in [3.8, 4) is 0 Å². The smallest absolute Gasteiger partial charge is 0.124 e. The van der Waals surface area contributed by atoms with E-state index in [1.54, 1.807) is 12.1 Å². The Morgan fingerprint density at radius 3 is 2.93 bits per heavy atom. The Labute approximate surface area is 91.2 Å². The fraction of sp³-hybridized carbons (Fsp3) is 0.0909. The summed E-state index contributed by atoms with van der Waals surface area (Å²) in [6.07, 6.45) is 1.72. The number of benzene rings is 1. The van der Waals surface area contributed by atoms with Crippen LogP contribution in [0.5, 0.6) is 0 Å². The maximum atomic E-state index is 13.0. The highest BCUT2D eigenvalue weighted by Gasteiger charge is 2.09. The molecule has 0 bridgehead atoms. The van der Waals surface area contributed by atoms with Crippen LogP contribution in [0.2, 0.25) is 0 Å². The Kier molecular flexibility index (Phi) is 2.81. The molecule has 0 aliphatic carbocycles. The van der Waals surface area contributed by atoms with Crippen LogP contribution in [0, 0.1) is 5.82 Å². The van der Waals surface area contributed by atoms with Gasteiger partial charge in [-0.05, 0) is 23.6 Å². The number of hydrogen-bond donors (Lipinski definition) is 2. The monoisotopic (exact) mass is 222 g/mol. The zero-order valence-electron chi connectivity index (χ0n) is 8.03. The Morgan fingerprint density at radius 1 is 1.47 bits per heavy atom. The first-order valence-electron chi connectivity index (χ1n) is 4.52. The van der Waals surface area contributed by atoms with Gasteiger partial charge in [-0.15, -0.1) is 17.9 Å². The van der Waals surface area contributed by atoms with Crippen LogP contribution >= 0.6 is 11.3 Å². The van der Waals surface area contributed by atoms with Crippen molar-refractivity contribution in [3.63, 3.8) is 0 Å². The second kappa shape index (κ2) is 4.10. The molecule has 1 aromatic carbocycles. The van der Waals surface area contributed by atoms with E-state index in [1.165, 1.54) is 23.5 Å². The van der Waals surface area contributed by atoms with E-state index < -0.39 is 0 Å². The zero-order chi connectivity index (χ0) is 10.8. The minimum absolute atomic E-state index is 0.0783. The summed E-state index contributed by atoms with van der Waals surface area (Å²) in [4.78, 5) is 1.04. The van der Waals surface area contributed by atoms with Crippen molar-refractivity contribution in [2.45, 2.75) is 6.04 Å². The van der Waals surface area contributed by atoms with E-state index in [-0.39, 0.29) is 11.9 Å². The third kappa shape index (κ3) is 1.92. The van der Waals surface area contributed by atoms with E-state index in [0.29, 0.717) is 0 Å². The molecule has 4 heteroatoms. The molecule has 2 nitrogen and oxygen atoms in total. The molecule has 0 radical (unpaired) electrons. The van der Waals surface area contributed by atoms with Crippen LogP contribution in [-0.4, -0.2) is 0 Å². The van der Waals surface area contributed by atoms with E-state index >= 15 is 0 Å². The highest BCUT2D eigenvalue weighted by molar-refractivity contribution is 7.19. The van der Waals surface area contributed by atoms with Gasteiger partial charge in [-0.3, -0.25) is 5.84 Å². The molecule has 0 fully saturated rings. The van der Waals surface area contributed by atoms with Gasteiger partial charge in [-0.25, -0.2) is 9.82 Å². The van der Waals surface area contributed by atoms with E-state index in [2.05, 4.69) is 12.0 Å². The van der Waals surface area contributed by atoms with E-state index in [1.807, 2.05) is 6.07 Å². The lowest BCUT2D eigenvalue weighted by Crippen LogP contribution is -2.25. The maximum absolute atomic E-state index is 13.0. The van der Waals surface area contributed by atoms with Gasteiger partial charge >= 0.3 is 0 Å². The predicted molar refractivity (Wildman–Crippen MR) is 62.0 cm³/mol. The van der Waals surface area contributed by atoms with Crippen molar-refractivity contribution in [3.05, 3.63) is 47.6 Å². The fourth-order valence-corrected chi connectivity index (χ4v) is 2.59. The molecule has 0 saturated heterocycles. The van der Waals surface area contributed by atoms with Crippen molar-refractivity contribution in [1.82, 2.24) is 5.43 Å². The minimum atomic E-state index is -0.216. The summed E-state index contributed by atoms with van der Waals surface area (Å²) in [6, 6.07) is 6.66. The van der Waals surface area contributed by atoms with E-state index in [0.717, 1.165) is 15.0 Å². The van der Waals surface area contributed by atoms with Gasteiger partial charge in [0.05, 0.1) is 6.04 Å². The van der Waals surface area contributed by atoms with Crippen molar-refractivity contribution in [1.29, 1.82) is 0 Å². The number of halogens is 1. The third-order valence-electron chi connectivity index (χ3n) is 2.22. The van der Waals surface area contributed by atoms with Crippen molar-refractivity contribution in [2.75, 3.05) is 0 Å². The summed E-state index contributed by atoms with van der Waals surface area (Å²) in [5.74, 6) is 5.16. The SMILES string of the molecule is C=CC(NN)c1cc2ccc(F)cc2s1. The Balaban J connectivity index is 2.50. The molecule has 0 saturated carbocycles. The standard InChI is InChI=1S/C11H11FN2S/c1-2-9(14-13)11-5-7-3-4-8(12)6-10(7)15-11/h2-6,9,14H,1,13H2. The summed E-state index contributed by atoms with van der Waals surface area (Å²) < 4.78 is 13.9. The van der Waals surface area contributed by atoms with Gasteiger partial charge in [-0.2, -0.15) is 0 Å². The van der Waals surface area contributed by atoms with Crippen molar-refractivity contribution < 1.29 is 4.39 Å². The molecule has 2 aromatic rings. The number of hydrogen-bond acceptors (Lipinski definition) is 3. The largest absolute Gasteiger partial charge is 0.271 e. The van der Waals surface area contributed by atoms with Gasteiger partial charge in [0.2, 0.25) is 0 Å². The molecule has 3 N–H and O–H groups in total. The van der Waals surface area contributed by atoms with Gasteiger partial charge in [0.25, 0.3) is 0 Å². The summed E-state index contributed by atoms with van der Waals surface area (Å²) in [7, 11) is 0. The van der Waals surface area contributed by atoms with Crippen molar-refractivity contribution >= 4 is 21.4 Å². The maximum Gasteiger partial charge on any atom is 0.124 e. The molecular weight excluding hydrogens is 211 g/mol. The van der Waals surface area contributed by atoms with E-state index in [4.69, 9.17) is 5.84 Å². The summed E-state index contributed by atoms with van der Waals surface area (Å²) in [5, 5.41) is 1.03. The zero-order valence-corrected chi connectivity index (χ0v) is 8.85. The number of thiophene rings is 1. The first-order chi connectivity index (χ1) is 7.24. The van der Waals surface area contributed by atoms with Gasteiger partial charge in [-0.1, -0.05) is 12.1 Å². The molecule has 1 unspecified atom stereocenters. The van der Waals surface area contributed by atoms with Gasteiger partial charge in [0.1, 0.15) is 5.82 Å². The molecule has 0 aliphatic rings. The fourth-order valence-electron chi connectivity index (χ4n) is 1.45. The van der Waals surface area contributed by atoms with Crippen LogP contribution in [0.3, 0.4) is 0 Å². The average molecular weight is 222 g/mol. The molecule has 1 heterocycles. The van der Waals surface area contributed by atoms with Gasteiger partial charge in [0.15, 0.2) is 0 Å². The number of nitrogens with one attached hydrogen (secondary N) is 1. The molecule has 0 spiro atoms. The Hall–Kier alpha value is -1.23. The first kappa shape index (κ1) is 10.3. The van der Waals surface area contributed by atoms with Crippen LogP contribution in [0.15, 0.2) is 36.9 Å². The minimum Gasteiger partial charge on any atom is -0.271 e. The second-order valence-electron chi connectivity index (χ2n) is 3.21. The Morgan fingerprint density at radius 2 is 2.27 bits per heavy atom. The normalized spacial score (nSPS) is 12.9. The van der Waals surface area contributed by atoms with Crippen LogP contribution in [0.25, 0.3) is 10.1 Å². The topological polar surface area (TPSA) is 38.0 Å². The van der Waals surface area contributed by atoms with Gasteiger partial charge in [0, 0.05) is 9.58 Å². The van der Waals surface area contributed by atoms with E-state index in [9.17, 15) is 4.39 Å². The number of fused-ring (bicyclic) bond motifs is 1. The lowest BCUT2D eigenvalue weighted by Gasteiger charge is -2.06. The van der Waals surface area contributed by atoms with Crippen molar-refractivity contribution in [2.24, 2.45) is 5.84 Å². The van der Waals surface area contributed by atoms with Crippen LogP contribution < -0.4 is 11.3 Å².